The summed E-state index contributed by atoms with van der Waals surface area (Å²) < 4.78 is 6.25. The summed E-state index contributed by atoms with van der Waals surface area (Å²) in [6.45, 7) is 6.77. The topological polar surface area (TPSA) is 134 Å². The number of hydrogen-bond donors (Lipinski definition) is 3. The van der Waals surface area contributed by atoms with Crippen molar-refractivity contribution in [3.63, 3.8) is 0 Å². The summed E-state index contributed by atoms with van der Waals surface area (Å²) in [6.07, 6.45) is 2.26. The molecule has 2 amide bonds. The molecular formula is C26H36N6O4. The van der Waals surface area contributed by atoms with E-state index in [4.69, 9.17) is 15.1 Å². The van der Waals surface area contributed by atoms with Gasteiger partial charge in [0.05, 0.1) is 11.3 Å². The smallest absolute Gasteiger partial charge is 0.255 e. The van der Waals surface area contributed by atoms with Crippen molar-refractivity contribution < 1.29 is 14.0 Å². The molecule has 0 unspecified atom stereocenters. The molecule has 1 heterocycles. The van der Waals surface area contributed by atoms with Gasteiger partial charge in [-0.2, -0.15) is 0 Å². The normalized spacial score (nSPS) is 11.5. The number of nitrogen functional groups attached to an aromatic ring is 1. The number of aryl methyl sites for hydroxylation is 1. The fourth-order valence-electron chi connectivity index (χ4n) is 4.17. The summed E-state index contributed by atoms with van der Waals surface area (Å²) in [5, 5.41) is 5.54. The monoisotopic (exact) mass is 496 g/mol. The molecule has 0 atom stereocenters. The van der Waals surface area contributed by atoms with Crippen LogP contribution < -0.4 is 21.8 Å². The number of nitrogens with one attached hydrogen (secondary N) is 2. The summed E-state index contributed by atoms with van der Waals surface area (Å²) in [4.78, 5) is 45.5. The van der Waals surface area contributed by atoms with Crippen molar-refractivity contribution in [2.45, 2.75) is 33.2 Å². The lowest BCUT2D eigenvalue weighted by Gasteiger charge is -2.20. The summed E-state index contributed by atoms with van der Waals surface area (Å²) in [6, 6.07) is 3.95. The second kappa shape index (κ2) is 12.0. The summed E-state index contributed by atoms with van der Waals surface area (Å²) in [5.74, 6) is -0.168. The highest BCUT2D eigenvalue weighted by Gasteiger charge is 2.28. The second-order valence-electron chi connectivity index (χ2n) is 9.43. The Morgan fingerprint density at radius 1 is 1.14 bits per heavy atom. The van der Waals surface area contributed by atoms with E-state index in [0.29, 0.717) is 42.7 Å². The molecule has 0 radical (unpaired) electrons. The lowest BCUT2D eigenvalue weighted by molar-refractivity contribution is -0.109. The first-order valence-corrected chi connectivity index (χ1v) is 12.1. The highest BCUT2D eigenvalue weighted by Crippen LogP contribution is 2.34. The van der Waals surface area contributed by atoms with Gasteiger partial charge in [0.1, 0.15) is 11.2 Å². The Kier molecular flexibility index (Phi) is 9.00. The molecule has 0 fully saturated rings. The van der Waals surface area contributed by atoms with Gasteiger partial charge >= 0.3 is 0 Å². The Balaban J connectivity index is 2.05. The second-order valence-corrected chi connectivity index (χ2v) is 9.43. The van der Waals surface area contributed by atoms with Crippen LogP contribution in [0, 0.1) is 13.8 Å². The van der Waals surface area contributed by atoms with Crippen molar-refractivity contribution in [2.75, 3.05) is 53.1 Å². The third-order valence-electron chi connectivity index (χ3n) is 6.17. The Morgan fingerprint density at radius 3 is 2.56 bits per heavy atom. The van der Waals surface area contributed by atoms with Gasteiger partial charge in [-0.1, -0.05) is 12.1 Å². The number of nitrogens with zero attached hydrogens (tertiary/aromatic N) is 3. The number of hydrogen-bond acceptors (Lipinski definition) is 8. The minimum Gasteiger partial charge on any atom is -0.452 e. The Morgan fingerprint density at radius 2 is 1.86 bits per heavy atom. The average Bonchev–Trinajstić information content (AvgIpc) is 2.84. The molecule has 0 bridgehead atoms. The van der Waals surface area contributed by atoms with E-state index in [1.165, 1.54) is 0 Å². The van der Waals surface area contributed by atoms with Crippen LogP contribution in [0.25, 0.3) is 22.6 Å². The van der Waals surface area contributed by atoms with Gasteiger partial charge in [-0.15, -0.1) is 0 Å². The lowest BCUT2D eigenvalue weighted by Crippen LogP contribution is -2.31. The first-order valence-electron chi connectivity index (χ1n) is 12.1. The number of benzene rings is 2. The molecule has 1 aromatic rings. The van der Waals surface area contributed by atoms with Crippen molar-refractivity contribution >= 4 is 29.1 Å². The molecule has 36 heavy (non-hydrogen) atoms. The van der Waals surface area contributed by atoms with Crippen LogP contribution in [0.3, 0.4) is 0 Å². The molecule has 1 aliphatic carbocycles. The van der Waals surface area contributed by atoms with Gasteiger partial charge in [0.25, 0.3) is 5.91 Å². The van der Waals surface area contributed by atoms with Crippen LogP contribution in [0.15, 0.2) is 21.3 Å². The predicted octanol–water partition coefficient (Wildman–Crippen LogP) is 1.74. The van der Waals surface area contributed by atoms with Crippen molar-refractivity contribution in [3.05, 3.63) is 44.6 Å². The average molecular weight is 497 g/mol. The molecule has 0 spiro atoms. The maximum Gasteiger partial charge on any atom is 0.255 e. The number of amides is 2. The number of rotatable bonds is 12. The summed E-state index contributed by atoms with van der Waals surface area (Å²) in [5.41, 5.74) is 9.27. The molecular weight excluding hydrogens is 460 g/mol. The zero-order valence-corrected chi connectivity index (χ0v) is 21.7. The van der Waals surface area contributed by atoms with E-state index in [9.17, 15) is 14.4 Å². The number of anilines is 1. The lowest BCUT2D eigenvalue weighted by atomic mass is 9.99. The van der Waals surface area contributed by atoms with Gasteiger partial charge in [-0.3, -0.25) is 14.4 Å². The molecule has 1 aliphatic heterocycles. The maximum absolute atomic E-state index is 13.2. The third kappa shape index (κ3) is 6.00. The molecule has 194 valence electrons. The number of carbonyl (C=O) groups excluding carboxylic acids is 2. The van der Waals surface area contributed by atoms with Crippen LogP contribution >= 0.6 is 0 Å². The van der Waals surface area contributed by atoms with Gasteiger partial charge < -0.3 is 30.6 Å². The molecule has 10 nitrogen and oxygen atoms in total. The van der Waals surface area contributed by atoms with E-state index in [-0.39, 0.29) is 22.7 Å². The molecule has 10 heteroatoms. The van der Waals surface area contributed by atoms with Crippen LogP contribution in [0.1, 0.15) is 39.9 Å². The molecule has 1 aromatic carbocycles. The quantitative estimate of drug-likeness (QED) is 0.149. The predicted molar refractivity (Wildman–Crippen MR) is 141 cm³/mol. The highest BCUT2D eigenvalue weighted by atomic mass is 16.3. The van der Waals surface area contributed by atoms with E-state index in [2.05, 4.69) is 15.5 Å². The van der Waals surface area contributed by atoms with Crippen LogP contribution in [0.4, 0.5) is 5.69 Å². The van der Waals surface area contributed by atoms with Gasteiger partial charge in [-0.05, 0) is 72.0 Å². The molecule has 2 aliphatic rings. The summed E-state index contributed by atoms with van der Waals surface area (Å²) in [7, 11) is 5.92. The highest BCUT2D eigenvalue weighted by molar-refractivity contribution is 6.05. The first kappa shape index (κ1) is 27.1. The van der Waals surface area contributed by atoms with Crippen LogP contribution in [0.5, 0.6) is 0 Å². The van der Waals surface area contributed by atoms with Crippen molar-refractivity contribution in [3.8, 4) is 11.5 Å². The molecule has 0 saturated carbocycles. The Labute approximate surface area is 211 Å². The van der Waals surface area contributed by atoms with Gasteiger partial charge in [0.2, 0.25) is 11.8 Å². The molecule has 0 saturated heterocycles. The van der Waals surface area contributed by atoms with Crippen LogP contribution in [-0.4, -0.2) is 74.4 Å². The van der Waals surface area contributed by atoms with Crippen LogP contribution in [0.2, 0.25) is 0 Å². The van der Waals surface area contributed by atoms with Gasteiger partial charge in [-0.25, -0.2) is 4.98 Å². The third-order valence-corrected chi connectivity index (χ3v) is 6.17. The van der Waals surface area contributed by atoms with Crippen molar-refractivity contribution in [2.24, 2.45) is 0 Å². The van der Waals surface area contributed by atoms with E-state index >= 15 is 0 Å². The van der Waals surface area contributed by atoms with Gasteiger partial charge in [0, 0.05) is 25.2 Å². The number of nitrogens with two attached hydrogens (primary N) is 1. The zero-order valence-electron chi connectivity index (χ0n) is 21.7. The van der Waals surface area contributed by atoms with Crippen LogP contribution in [-0.2, 0) is 11.3 Å². The van der Waals surface area contributed by atoms with E-state index in [0.717, 1.165) is 37.1 Å². The fourth-order valence-corrected chi connectivity index (χ4v) is 4.17. The van der Waals surface area contributed by atoms with E-state index in [1.807, 2.05) is 45.1 Å². The molecule has 4 N–H and O–H groups in total. The number of fused-ring (bicyclic) bond motifs is 2. The first-order chi connectivity index (χ1) is 17.1. The van der Waals surface area contributed by atoms with Crippen molar-refractivity contribution in [1.29, 1.82) is 0 Å². The van der Waals surface area contributed by atoms with E-state index < -0.39 is 11.3 Å². The zero-order chi connectivity index (χ0) is 26.4. The summed E-state index contributed by atoms with van der Waals surface area (Å²) >= 11 is 0. The standard InChI is InChI=1S/C26H36N6O4/c1-16-8-9-18(14-32(5)13-6-10-28-15-33)21-24(16)36-25-17(2)23(34)20(27)19(22(25)30-21)26(35)29-11-7-12-31(3)4/h8-9,15H,6-7,10-14,27H2,1-5H3,(H,28,33)(H,29,35). The van der Waals surface area contributed by atoms with Crippen molar-refractivity contribution in [1.82, 2.24) is 25.4 Å². The molecule has 0 aromatic heterocycles. The minimum atomic E-state index is -0.440. The van der Waals surface area contributed by atoms with Gasteiger partial charge in [0.15, 0.2) is 11.3 Å². The maximum atomic E-state index is 13.2. The van der Waals surface area contributed by atoms with E-state index in [1.54, 1.807) is 6.92 Å². The minimum absolute atomic E-state index is 0.0526. The Hall–Kier alpha value is -3.50. The SMILES string of the molecule is Cc1c2oc3c(C)ccc(CN(C)CCCNC=O)c3nc-2c(C(=O)NCCCN(C)C)c(N)c1=O. The largest absolute Gasteiger partial charge is 0.452 e. The fraction of sp³-hybridized carbons (Fsp3) is 0.462. The molecule has 3 rings (SSSR count). The number of aromatic nitrogens is 1. The Bertz CT molecular complexity index is 1270. The number of carbonyl (C=O) groups is 2.